The summed E-state index contributed by atoms with van der Waals surface area (Å²) in [7, 11) is 0. The zero-order valence-electron chi connectivity index (χ0n) is 9.71. The van der Waals surface area contributed by atoms with E-state index >= 15 is 0 Å². The second-order valence-corrected chi connectivity index (χ2v) is 5.66. The molecular formula is C13H12Cl2FNS. The van der Waals surface area contributed by atoms with Gasteiger partial charge in [-0.05, 0) is 30.0 Å². The van der Waals surface area contributed by atoms with Crippen LogP contribution in [-0.2, 0) is 0 Å². The Kier molecular flexibility index (Phi) is 4.49. The number of rotatable bonds is 4. The smallest absolute Gasteiger partial charge is 0.126 e. The van der Waals surface area contributed by atoms with Gasteiger partial charge in [-0.15, -0.1) is 11.3 Å². The molecule has 1 unspecified atom stereocenters. The van der Waals surface area contributed by atoms with Crippen molar-refractivity contribution in [3.8, 4) is 0 Å². The van der Waals surface area contributed by atoms with E-state index < -0.39 is 5.82 Å². The molecule has 0 aliphatic carbocycles. The van der Waals surface area contributed by atoms with E-state index in [1.165, 1.54) is 17.0 Å². The molecule has 0 saturated carbocycles. The zero-order valence-corrected chi connectivity index (χ0v) is 12.0. The van der Waals surface area contributed by atoms with Crippen molar-refractivity contribution >= 4 is 40.2 Å². The third-order valence-electron chi connectivity index (χ3n) is 2.62. The van der Waals surface area contributed by atoms with E-state index in [0.717, 1.165) is 6.42 Å². The van der Waals surface area contributed by atoms with Crippen LogP contribution in [0, 0.1) is 5.82 Å². The van der Waals surface area contributed by atoms with Gasteiger partial charge in [0.2, 0.25) is 0 Å². The SMILES string of the molecule is CCC(Nc1c(Cl)cc(F)cc1Cl)c1cccs1. The molecule has 96 valence electrons. The third-order valence-corrected chi connectivity index (χ3v) is 4.20. The van der Waals surface area contributed by atoms with Crippen LogP contribution in [-0.4, -0.2) is 0 Å². The van der Waals surface area contributed by atoms with E-state index in [2.05, 4.69) is 18.3 Å². The Labute approximate surface area is 120 Å². The van der Waals surface area contributed by atoms with Gasteiger partial charge in [0.1, 0.15) is 5.82 Å². The largest absolute Gasteiger partial charge is 0.375 e. The van der Waals surface area contributed by atoms with Crippen molar-refractivity contribution in [2.45, 2.75) is 19.4 Å². The van der Waals surface area contributed by atoms with Crippen molar-refractivity contribution in [3.05, 3.63) is 50.4 Å². The van der Waals surface area contributed by atoms with Crippen LogP contribution in [0.25, 0.3) is 0 Å². The molecule has 2 aromatic rings. The van der Waals surface area contributed by atoms with Crippen LogP contribution < -0.4 is 5.32 Å². The van der Waals surface area contributed by atoms with Gasteiger partial charge >= 0.3 is 0 Å². The molecule has 2 rings (SSSR count). The van der Waals surface area contributed by atoms with E-state index in [1.54, 1.807) is 11.3 Å². The zero-order chi connectivity index (χ0) is 13.1. The van der Waals surface area contributed by atoms with Gasteiger partial charge in [-0.3, -0.25) is 0 Å². The monoisotopic (exact) mass is 303 g/mol. The van der Waals surface area contributed by atoms with Crippen molar-refractivity contribution in [2.24, 2.45) is 0 Å². The average molecular weight is 304 g/mol. The number of nitrogens with one attached hydrogen (secondary N) is 1. The van der Waals surface area contributed by atoms with E-state index in [-0.39, 0.29) is 6.04 Å². The van der Waals surface area contributed by atoms with Gasteiger partial charge in [0.25, 0.3) is 0 Å². The number of halogens is 3. The summed E-state index contributed by atoms with van der Waals surface area (Å²) in [5.74, 6) is -0.431. The van der Waals surface area contributed by atoms with Gasteiger partial charge in [-0.2, -0.15) is 0 Å². The minimum Gasteiger partial charge on any atom is -0.375 e. The second kappa shape index (κ2) is 5.91. The first-order chi connectivity index (χ1) is 8.61. The molecule has 1 aromatic heterocycles. The number of anilines is 1. The van der Waals surface area contributed by atoms with Crippen molar-refractivity contribution in [1.82, 2.24) is 0 Å². The molecule has 1 N–H and O–H groups in total. The fraction of sp³-hybridized carbons (Fsp3) is 0.231. The summed E-state index contributed by atoms with van der Waals surface area (Å²) < 4.78 is 13.1. The van der Waals surface area contributed by atoms with Crippen molar-refractivity contribution < 1.29 is 4.39 Å². The predicted octanol–water partition coefficient (Wildman–Crippen LogP) is 5.76. The molecule has 0 aliphatic heterocycles. The lowest BCUT2D eigenvalue weighted by molar-refractivity contribution is 0.628. The minimum absolute atomic E-state index is 0.130. The van der Waals surface area contributed by atoms with Gasteiger partial charge in [0.15, 0.2) is 0 Å². The van der Waals surface area contributed by atoms with Gasteiger partial charge < -0.3 is 5.32 Å². The minimum atomic E-state index is -0.431. The topological polar surface area (TPSA) is 12.0 Å². The summed E-state index contributed by atoms with van der Waals surface area (Å²) in [6.45, 7) is 2.07. The van der Waals surface area contributed by atoms with E-state index in [9.17, 15) is 4.39 Å². The summed E-state index contributed by atoms with van der Waals surface area (Å²) >= 11 is 13.7. The van der Waals surface area contributed by atoms with Gasteiger partial charge in [-0.25, -0.2) is 4.39 Å². The molecule has 0 amide bonds. The van der Waals surface area contributed by atoms with Crippen molar-refractivity contribution in [3.63, 3.8) is 0 Å². The maximum Gasteiger partial charge on any atom is 0.126 e. The molecular weight excluding hydrogens is 292 g/mol. The summed E-state index contributed by atoms with van der Waals surface area (Å²) in [5, 5.41) is 5.90. The quantitative estimate of drug-likeness (QED) is 0.757. The molecule has 1 atom stereocenters. The van der Waals surface area contributed by atoms with Crippen LogP contribution in [0.15, 0.2) is 29.6 Å². The average Bonchev–Trinajstić information content (AvgIpc) is 2.81. The lowest BCUT2D eigenvalue weighted by Gasteiger charge is -2.19. The molecule has 0 saturated heterocycles. The number of hydrogen-bond donors (Lipinski definition) is 1. The van der Waals surface area contributed by atoms with Crippen molar-refractivity contribution in [2.75, 3.05) is 5.32 Å². The van der Waals surface area contributed by atoms with E-state index in [4.69, 9.17) is 23.2 Å². The van der Waals surface area contributed by atoms with Crippen LogP contribution >= 0.6 is 34.5 Å². The molecule has 1 aromatic carbocycles. The van der Waals surface area contributed by atoms with Crippen LogP contribution in [0.4, 0.5) is 10.1 Å². The first-order valence-corrected chi connectivity index (χ1v) is 7.20. The van der Waals surface area contributed by atoms with Crippen LogP contribution in [0.5, 0.6) is 0 Å². The summed E-state index contributed by atoms with van der Waals surface area (Å²) in [5.41, 5.74) is 0.583. The second-order valence-electron chi connectivity index (χ2n) is 3.87. The summed E-state index contributed by atoms with van der Waals surface area (Å²) in [6, 6.07) is 6.70. The Balaban J connectivity index is 2.28. The lowest BCUT2D eigenvalue weighted by Crippen LogP contribution is -2.09. The van der Waals surface area contributed by atoms with E-state index in [0.29, 0.717) is 15.7 Å². The number of benzene rings is 1. The van der Waals surface area contributed by atoms with Crippen LogP contribution in [0.3, 0.4) is 0 Å². The maximum absolute atomic E-state index is 13.1. The highest BCUT2D eigenvalue weighted by molar-refractivity contribution is 7.10. The standard InChI is InChI=1S/C13H12Cl2FNS/c1-2-11(12-4-3-5-18-12)17-13-9(14)6-8(16)7-10(13)15/h3-7,11,17H,2H2,1H3. The first-order valence-electron chi connectivity index (χ1n) is 5.56. The predicted molar refractivity (Wildman–Crippen MR) is 77.4 cm³/mol. The molecule has 1 heterocycles. The Morgan fingerprint density at radius 2 is 2.00 bits per heavy atom. The molecule has 0 bridgehead atoms. The van der Waals surface area contributed by atoms with Gasteiger partial charge in [0, 0.05) is 4.88 Å². The van der Waals surface area contributed by atoms with Crippen molar-refractivity contribution in [1.29, 1.82) is 0 Å². The maximum atomic E-state index is 13.1. The molecule has 0 spiro atoms. The highest BCUT2D eigenvalue weighted by atomic mass is 35.5. The molecule has 0 radical (unpaired) electrons. The fourth-order valence-corrected chi connectivity index (χ4v) is 3.15. The Bertz CT molecular complexity index is 505. The molecule has 5 heteroatoms. The highest BCUT2D eigenvalue weighted by Crippen LogP contribution is 2.35. The van der Waals surface area contributed by atoms with E-state index in [1.807, 2.05) is 11.4 Å². The molecule has 0 fully saturated rings. The van der Waals surface area contributed by atoms with Gasteiger partial charge in [-0.1, -0.05) is 36.2 Å². The van der Waals surface area contributed by atoms with Crippen LogP contribution in [0.2, 0.25) is 10.0 Å². The Morgan fingerprint density at radius 3 is 2.50 bits per heavy atom. The highest BCUT2D eigenvalue weighted by Gasteiger charge is 2.15. The van der Waals surface area contributed by atoms with Crippen LogP contribution in [0.1, 0.15) is 24.3 Å². The molecule has 1 nitrogen and oxygen atoms in total. The Hall–Kier alpha value is -0.770. The summed E-state index contributed by atoms with van der Waals surface area (Å²) in [4.78, 5) is 1.20. The molecule has 18 heavy (non-hydrogen) atoms. The van der Waals surface area contributed by atoms with Gasteiger partial charge in [0.05, 0.1) is 21.8 Å². The number of hydrogen-bond acceptors (Lipinski definition) is 2. The summed E-state index contributed by atoms with van der Waals surface area (Å²) in [6.07, 6.45) is 0.893. The first kappa shape index (κ1) is 13.7. The number of thiophene rings is 1. The lowest BCUT2D eigenvalue weighted by atomic mass is 10.1. The normalized spacial score (nSPS) is 12.4. The molecule has 0 aliphatic rings. The fourth-order valence-electron chi connectivity index (χ4n) is 1.72. The third kappa shape index (κ3) is 2.97. The Morgan fingerprint density at radius 1 is 1.33 bits per heavy atom.